The summed E-state index contributed by atoms with van der Waals surface area (Å²) in [6.07, 6.45) is 0. The molecule has 12 heavy (non-hydrogen) atoms. The molecule has 0 aliphatic heterocycles. The highest BCUT2D eigenvalue weighted by Gasteiger charge is 2.02. The van der Waals surface area contributed by atoms with E-state index in [-0.39, 0.29) is 5.95 Å². The zero-order valence-electron chi connectivity index (χ0n) is 6.16. The maximum atomic E-state index is 13.0. The lowest BCUT2D eigenvalue weighted by atomic mass is 10.2. The minimum atomic E-state index is -0.571. The predicted molar refractivity (Wildman–Crippen MR) is 43.9 cm³/mol. The normalized spacial score (nSPS) is 10.4. The van der Waals surface area contributed by atoms with Crippen molar-refractivity contribution in [1.29, 1.82) is 0 Å². The number of hydrogen-bond donors (Lipinski definition) is 1. The first-order chi connectivity index (χ1) is 5.77. The minimum absolute atomic E-state index is 0.0359. The fourth-order valence-corrected chi connectivity index (χ4v) is 1.05. The van der Waals surface area contributed by atoms with E-state index < -0.39 is 5.95 Å². The number of rotatable bonds is 0. The Labute approximate surface area is 68.1 Å². The predicted octanol–water partition coefficient (Wildman–Crippen LogP) is 1.35. The Bertz CT molecular complexity index is 428. The molecule has 1 heterocycles. The van der Waals surface area contributed by atoms with Crippen molar-refractivity contribution in [3.63, 3.8) is 0 Å². The van der Waals surface area contributed by atoms with Gasteiger partial charge in [-0.2, -0.15) is 9.37 Å². The molecular formula is C8H6FN3. The van der Waals surface area contributed by atoms with Crippen molar-refractivity contribution < 1.29 is 4.39 Å². The minimum Gasteiger partial charge on any atom is -0.368 e. The molecule has 3 nitrogen and oxygen atoms in total. The van der Waals surface area contributed by atoms with Gasteiger partial charge in [-0.3, -0.25) is 0 Å². The molecule has 0 saturated carbocycles. The number of aromatic nitrogens is 2. The van der Waals surface area contributed by atoms with Crippen LogP contribution in [0.25, 0.3) is 10.9 Å². The number of nitrogens with two attached hydrogens (primary N) is 1. The number of nitrogens with zero attached hydrogens (tertiary/aromatic N) is 2. The highest BCUT2D eigenvalue weighted by atomic mass is 19.1. The fraction of sp³-hybridized carbons (Fsp3) is 0. The van der Waals surface area contributed by atoms with Crippen molar-refractivity contribution in [2.75, 3.05) is 5.73 Å². The number of anilines is 1. The largest absolute Gasteiger partial charge is 0.368 e. The zero-order valence-corrected chi connectivity index (χ0v) is 6.16. The average Bonchev–Trinajstić information content (AvgIpc) is 2.04. The van der Waals surface area contributed by atoms with Gasteiger partial charge in [-0.1, -0.05) is 12.1 Å². The fourth-order valence-electron chi connectivity index (χ4n) is 1.05. The van der Waals surface area contributed by atoms with E-state index in [4.69, 9.17) is 5.73 Å². The number of hydrogen-bond acceptors (Lipinski definition) is 3. The molecule has 0 saturated heterocycles. The molecule has 1 aromatic heterocycles. The van der Waals surface area contributed by atoms with Gasteiger partial charge in [-0.15, -0.1) is 0 Å². The molecule has 0 fully saturated rings. The van der Waals surface area contributed by atoms with Crippen molar-refractivity contribution in [2.45, 2.75) is 0 Å². The van der Waals surface area contributed by atoms with Crippen LogP contribution in [-0.2, 0) is 0 Å². The Balaban J connectivity index is 2.89. The topological polar surface area (TPSA) is 51.8 Å². The molecule has 2 rings (SSSR count). The molecule has 0 atom stereocenters. The second-order valence-electron chi connectivity index (χ2n) is 2.39. The second kappa shape index (κ2) is 2.41. The van der Waals surface area contributed by atoms with E-state index in [1.165, 1.54) is 0 Å². The summed E-state index contributed by atoms with van der Waals surface area (Å²) >= 11 is 0. The number of benzene rings is 1. The first kappa shape index (κ1) is 6.97. The van der Waals surface area contributed by atoms with Gasteiger partial charge >= 0.3 is 0 Å². The molecule has 0 spiro atoms. The van der Waals surface area contributed by atoms with Crippen molar-refractivity contribution in [2.24, 2.45) is 0 Å². The quantitative estimate of drug-likeness (QED) is 0.596. The molecule has 60 valence electrons. The molecule has 0 aliphatic rings. The van der Waals surface area contributed by atoms with Gasteiger partial charge in [-0.25, -0.2) is 4.98 Å². The van der Waals surface area contributed by atoms with E-state index in [1.54, 1.807) is 24.3 Å². The van der Waals surface area contributed by atoms with Crippen LogP contribution in [0.15, 0.2) is 24.3 Å². The first-order valence-electron chi connectivity index (χ1n) is 3.45. The van der Waals surface area contributed by atoms with Crippen molar-refractivity contribution in [1.82, 2.24) is 9.97 Å². The highest BCUT2D eigenvalue weighted by Crippen LogP contribution is 2.13. The van der Waals surface area contributed by atoms with Crippen LogP contribution in [0.3, 0.4) is 0 Å². The molecule has 1 aromatic carbocycles. The molecule has 0 radical (unpaired) electrons. The van der Waals surface area contributed by atoms with Gasteiger partial charge in [0, 0.05) is 0 Å². The zero-order chi connectivity index (χ0) is 8.55. The number of nitrogen functional groups attached to an aromatic ring is 1. The van der Waals surface area contributed by atoms with Crippen LogP contribution in [0, 0.1) is 5.95 Å². The monoisotopic (exact) mass is 163 g/mol. The number of para-hydroxylation sites is 1. The first-order valence-corrected chi connectivity index (χ1v) is 3.45. The van der Waals surface area contributed by atoms with E-state index in [9.17, 15) is 4.39 Å². The molecular weight excluding hydrogens is 157 g/mol. The third-order valence-corrected chi connectivity index (χ3v) is 1.57. The lowest BCUT2D eigenvalue weighted by Gasteiger charge is -1.97. The van der Waals surface area contributed by atoms with Crippen molar-refractivity contribution in [3.05, 3.63) is 30.2 Å². The number of fused-ring (bicyclic) bond motifs is 1. The third-order valence-electron chi connectivity index (χ3n) is 1.57. The van der Waals surface area contributed by atoms with Gasteiger partial charge in [0.25, 0.3) is 0 Å². The van der Waals surface area contributed by atoms with E-state index in [0.717, 1.165) is 0 Å². The summed E-state index contributed by atoms with van der Waals surface area (Å²) < 4.78 is 13.0. The molecule has 0 amide bonds. The molecule has 4 heteroatoms. The van der Waals surface area contributed by atoms with E-state index in [0.29, 0.717) is 10.9 Å². The SMILES string of the molecule is Nc1nc(F)c2ccccc2n1. The van der Waals surface area contributed by atoms with Gasteiger partial charge in [0.15, 0.2) is 0 Å². The highest BCUT2D eigenvalue weighted by molar-refractivity contribution is 5.78. The Morgan fingerprint density at radius 1 is 1.17 bits per heavy atom. The Kier molecular flexibility index (Phi) is 1.40. The van der Waals surface area contributed by atoms with Gasteiger partial charge in [0.2, 0.25) is 11.9 Å². The standard InChI is InChI=1S/C8H6FN3/c9-7-5-3-1-2-4-6(5)11-8(10)12-7/h1-4H,(H2,10,11,12). The van der Waals surface area contributed by atoms with Crippen molar-refractivity contribution in [3.8, 4) is 0 Å². The summed E-state index contributed by atoms with van der Waals surface area (Å²) in [6.45, 7) is 0. The summed E-state index contributed by atoms with van der Waals surface area (Å²) in [4.78, 5) is 7.26. The average molecular weight is 163 g/mol. The van der Waals surface area contributed by atoms with E-state index in [2.05, 4.69) is 9.97 Å². The van der Waals surface area contributed by atoms with Gasteiger partial charge in [0.1, 0.15) is 0 Å². The second-order valence-corrected chi connectivity index (χ2v) is 2.39. The summed E-state index contributed by atoms with van der Waals surface area (Å²) in [5.74, 6) is -0.607. The molecule has 2 aromatic rings. The van der Waals surface area contributed by atoms with Crippen molar-refractivity contribution >= 4 is 16.9 Å². The van der Waals surface area contributed by atoms with Crippen LogP contribution >= 0.6 is 0 Å². The van der Waals surface area contributed by atoms with Gasteiger partial charge in [-0.05, 0) is 12.1 Å². The van der Waals surface area contributed by atoms with Crippen LogP contribution in [0.5, 0.6) is 0 Å². The molecule has 0 bridgehead atoms. The molecule has 0 aliphatic carbocycles. The van der Waals surface area contributed by atoms with E-state index in [1.807, 2.05) is 0 Å². The van der Waals surface area contributed by atoms with Crippen LogP contribution in [0.2, 0.25) is 0 Å². The molecule has 0 unspecified atom stereocenters. The van der Waals surface area contributed by atoms with Gasteiger partial charge in [0.05, 0.1) is 10.9 Å². The summed E-state index contributed by atoms with van der Waals surface area (Å²) in [7, 11) is 0. The maximum Gasteiger partial charge on any atom is 0.225 e. The van der Waals surface area contributed by atoms with E-state index >= 15 is 0 Å². The lowest BCUT2D eigenvalue weighted by molar-refractivity contribution is 0.596. The summed E-state index contributed by atoms with van der Waals surface area (Å²) in [5, 5.41) is 0.395. The Hall–Kier alpha value is -1.71. The smallest absolute Gasteiger partial charge is 0.225 e. The maximum absolute atomic E-state index is 13.0. The van der Waals surface area contributed by atoms with Gasteiger partial charge < -0.3 is 5.73 Å². The third kappa shape index (κ3) is 0.972. The summed E-state index contributed by atoms with van der Waals surface area (Å²) in [5.41, 5.74) is 5.79. The molecule has 2 N–H and O–H groups in total. The van der Waals surface area contributed by atoms with Crippen LogP contribution in [0.4, 0.5) is 10.3 Å². The van der Waals surface area contributed by atoms with Crippen LogP contribution < -0.4 is 5.73 Å². The Morgan fingerprint density at radius 2 is 1.92 bits per heavy atom. The lowest BCUT2D eigenvalue weighted by Crippen LogP contribution is -1.97. The number of halogens is 1. The Morgan fingerprint density at radius 3 is 2.75 bits per heavy atom. The van der Waals surface area contributed by atoms with Crippen LogP contribution in [0.1, 0.15) is 0 Å². The van der Waals surface area contributed by atoms with Crippen LogP contribution in [-0.4, -0.2) is 9.97 Å². The summed E-state index contributed by atoms with van der Waals surface area (Å²) in [6, 6.07) is 6.81.